The molecule has 9 heteroatoms. The molecule has 1 unspecified atom stereocenters. The minimum absolute atomic E-state index is 0. The Morgan fingerprint density at radius 2 is 1.26 bits per heavy atom. The molecule has 0 radical (unpaired) electrons. The van der Waals surface area contributed by atoms with Crippen LogP contribution in [0.15, 0.2) is 125 Å². The predicted molar refractivity (Wildman–Crippen MR) is 191 cm³/mol. The molecule has 0 aromatic heterocycles. The summed E-state index contributed by atoms with van der Waals surface area (Å²) in [5.74, 6) is 1.90. The van der Waals surface area contributed by atoms with Crippen LogP contribution in [0.1, 0.15) is 31.0 Å². The number of halogens is 2. The minimum atomic E-state index is -2.87. The topological polar surface area (TPSA) is 75.2 Å². The van der Waals surface area contributed by atoms with E-state index in [2.05, 4.69) is 122 Å². The van der Waals surface area contributed by atoms with Gasteiger partial charge in [0.1, 0.15) is 0 Å². The third kappa shape index (κ3) is 7.06. The zero-order valence-corrected chi connectivity index (χ0v) is 27.9. The molecule has 226 valence electrons. The Balaban J connectivity index is 0.00000423. The summed E-state index contributed by atoms with van der Waals surface area (Å²) < 4.78 is 6.12. The maximum absolute atomic E-state index is 6.12. The Hall–Kier alpha value is -3.38. The Morgan fingerprint density at radius 1 is 0.744 bits per heavy atom. The minimum Gasteiger partial charge on any atom is -0.370 e. The van der Waals surface area contributed by atoms with Crippen LogP contribution in [0.25, 0.3) is 0 Å². The Kier molecular flexibility index (Phi) is 10.9. The predicted octanol–water partition coefficient (Wildman–Crippen LogP) is 6.33. The molecule has 1 aliphatic heterocycles. The van der Waals surface area contributed by atoms with Crippen molar-refractivity contribution < 1.29 is 4.74 Å². The number of benzene rings is 4. The van der Waals surface area contributed by atoms with E-state index < -0.39 is 5.31 Å². The molecule has 6 nitrogen and oxygen atoms in total. The number of hydrogen-bond acceptors (Lipinski definition) is 6. The van der Waals surface area contributed by atoms with Gasteiger partial charge in [-0.05, 0) is 0 Å². The number of nitrogens with one attached hydrogen (secondary N) is 1. The molecule has 3 N–H and O–H groups in total. The maximum atomic E-state index is 6.12. The fourth-order valence-corrected chi connectivity index (χ4v) is 13.2. The van der Waals surface area contributed by atoms with E-state index in [4.69, 9.17) is 10.5 Å². The summed E-state index contributed by atoms with van der Waals surface area (Å²) in [7, 11) is 3.84. The molecule has 0 spiro atoms. The van der Waals surface area contributed by atoms with Crippen molar-refractivity contribution >= 4 is 61.0 Å². The van der Waals surface area contributed by atoms with Gasteiger partial charge in [0.2, 0.25) is 5.96 Å². The van der Waals surface area contributed by atoms with E-state index in [1.165, 1.54) is 15.9 Å². The first-order valence-electron chi connectivity index (χ1n) is 14.4. The zero-order valence-electron chi connectivity index (χ0n) is 24.6. The number of aliphatic imine (C=N–C) groups is 2. The standard InChI is InChI=1S/C34H39BrN5OP.ClH/c1-40(2)34-38-32(37-33(36)39-34)27-21-23-28(24-22-27)41-25-13-6-14-26-42(35,29-15-7-3-8-16-29,30-17-9-4-10-18-30)31-19-11-5-12-20-31;/h3-5,7-12,15-24,32H,6,13-14,25-26H2,1-2H3,(H3,36,37,38,39);1H. The van der Waals surface area contributed by atoms with Gasteiger partial charge >= 0.3 is 216 Å². The third-order valence-corrected chi connectivity index (χ3v) is 17.8. The van der Waals surface area contributed by atoms with Crippen LogP contribution in [0.3, 0.4) is 0 Å². The Bertz CT molecular complexity index is 1420. The zero-order chi connectivity index (χ0) is 29.4. The summed E-state index contributed by atoms with van der Waals surface area (Å²) in [6, 6.07) is 40.9. The normalized spacial score (nSPS) is 15.5. The third-order valence-electron chi connectivity index (χ3n) is 7.72. The van der Waals surface area contributed by atoms with Gasteiger partial charge < -0.3 is 10.6 Å². The second kappa shape index (κ2) is 14.4. The van der Waals surface area contributed by atoms with Crippen molar-refractivity contribution in [3.05, 3.63) is 121 Å². The first-order chi connectivity index (χ1) is 20.4. The molecule has 0 amide bonds. The van der Waals surface area contributed by atoms with Gasteiger partial charge in [-0.15, -0.1) is 12.4 Å². The Labute approximate surface area is 269 Å². The van der Waals surface area contributed by atoms with Gasteiger partial charge in [0.15, 0.2) is 5.96 Å². The molecule has 5 rings (SSSR count). The van der Waals surface area contributed by atoms with Gasteiger partial charge in [0, 0.05) is 14.1 Å². The molecule has 1 heterocycles. The average molecular weight is 681 g/mol. The number of guanidine groups is 2. The van der Waals surface area contributed by atoms with Crippen LogP contribution in [0.5, 0.6) is 5.75 Å². The van der Waals surface area contributed by atoms with Crippen LogP contribution < -0.4 is 31.7 Å². The van der Waals surface area contributed by atoms with Crippen molar-refractivity contribution in [3.63, 3.8) is 0 Å². The van der Waals surface area contributed by atoms with Crippen LogP contribution >= 0.6 is 33.2 Å². The van der Waals surface area contributed by atoms with E-state index in [-0.39, 0.29) is 18.6 Å². The van der Waals surface area contributed by atoms with Crippen molar-refractivity contribution in [2.75, 3.05) is 26.9 Å². The van der Waals surface area contributed by atoms with Gasteiger partial charge in [0.25, 0.3) is 0 Å². The summed E-state index contributed by atoms with van der Waals surface area (Å²) in [6.07, 6.45) is 3.79. The summed E-state index contributed by atoms with van der Waals surface area (Å²) in [5.41, 5.74) is 6.94. The molecule has 0 fully saturated rings. The summed E-state index contributed by atoms with van der Waals surface area (Å²) in [6.45, 7) is 0.668. The average Bonchev–Trinajstić information content (AvgIpc) is 3.04. The van der Waals surface area contributed by atoms with Crippen LogP contribution in [-0.2, 0) is 0 Å². The number of ether oxygens (including phenoxy) is 1. The molecule has 0 aliphatic carbocycles. The molecule has 4 aromatic rings. The van der Waals surface area contributed by atoms with Gasteiger partial charge in [-0.3, -0.25) is 5.32 Å². The fourth-order valence-electron chi connectivity index (χ4n) is 5.50. The Morgan fingerprint density at radius 3 is 1.74 bits per heavy atom. The molecule has 43 heavy (non-hydrogen) atoms. The molecule has 1 atom stereocenters. The molecule has 1 aliphatic rings. The van der Waals surface area contributed by atoms with E-state index in [9.17, 15) is 0 Å². The number of unbranched alkanes of at least 4 members (excludes halogenated alkanes) is 2. The van der Waals surface area contributed by atoms with Gasteiger partial charge in [-0.1, -0.05) is 0 Å². The number of nitrogens with two attached hydrogens (primary N) is 1. The van der Waals surface area contributed by atoms with Crippen molar-refractivity contribution in [2.45, 2.75) is 25.4 Å². The quantitative estimate of drug-likeness (QED) is 0.144. The van der Waals surface area contributed by atoms with E-state index in [1.54, 1.807) is 0 Å². The summed E-state index contributed by atoms with van der Waals surface area (Å²) in [4.78, 5) is 11.0. The van der Waals surface area contributed by atoms with Crippen molar-refractivity contribution in [3.8, 4) is 5.75 Å². The van der Waals surface area contributed by atoms with Crippen LogP contribution in [0.4, 0.5) is 0 Å². The first-order valence-corrected chi connectivity index (χ1v) is 18.8. The number of rotatable bonds is 11. The molecule has 0 bridgehead atoms. The van der Waals surface area contributed by atoms with Crippen molar-refractivity contribution in [1.82, 2.24) is 10.2 Å². The van der Waals surface area contributed by atoms with Crippen LogP contribution in [0.2, 0.25) is 0 Å². The van der Waals surface area contributed by atoms with Crippen LogP contribution in [-0.4, -0.2) is 43.7 Å². The fraction of sp³-hybridized carbons (Fsp3) is 0.235. The molecule has 4 aromatic carbocycles. The number of hydrogen-bond donors (Lipinski definition) is 2. The molecular formula is C34H40BrClN5OP. The molecular weight excluding hydrogens is 641 g/mol. The summed E-state index contributed by atoms with van der Waals surface area (Å²) in [5, 5.41) is 4.20. The summed E-state index contributed by atoms with van der Waals surface area (Å²) >= 11 is 4.54. The SMILES string of the molecule is CN(C)C1=NC(c2ccc(OCCCCCP(Br)(c3ccccc3)(c3ccccc3)c3ccccc3)cc2)N=C(N)N1.Cl. The molecule has 0 saturated carbocycles. The molecule has 0 saturated heterocycles. The van der Waals surface area contributed by atoms with Gasteiger partial charge in [0.05, 0.1) is 0 Å². The number of nitrogens with zero attached hydrogens (tertiary/aromatic N) is 3. The van der Waals surface area contributed by atoms with Gasteiger partial charge in [-0.2, -0.15) is 0 Å². The van der Waals surface area contributed by atoms with E-state index in [0.29, 0.717) is 18.5 Å². The smallest absolute Gasteiger partial charge is 0.370 e. The monoisotopic (exact) mass is 679 g/mol. The first kappa shape index (κ1) is 32.5. The van der Waals surface area contributed by atoms with Crippen molar-refractivity contribution in [2.24, 2.45) is 15.7 Å². The second-order valence-electron chi connectivity index (χ2n) is 10.8. The van der Waals surface area contributed by atoms with Crippen molar-refractivity contribution in [1.29, 1.82) is 0 Å². The van der Waals surface area contributed by atoms with E-state index >= 15 is 0 Å². The second-order valence-corrected chi connectivity index (χ2v) is 19.8. The van der Waals surface area contributed by atoms with Gasteiger partial charge in [-0.25, -0.2) is 0 Å². The van der Waals surface area contributed by atoms with E-state index in [1.807, 2.05) is 43.3 Å². The van der Waals surface area contributed by atoms with Crippen LogP contribution in [0, 0.1) is 0 Å². The van der Waals surface area contributed by atoms with E-state index in [0.717, 1.165) is 36.7 Å².